The summed E-state index contributed by atoms with van der Waals surface area (Å²) in [4.78, 5) is 21.3. The zero-order valence-electron chi connectivity index (χ0n) is 14.2. The van der Waals surface area contributed by atoms with Crippen LogP contribution < -0.4 is 10.2 Å². The molecular formula is C17H26N4O2. The van der Waals surface area contributed by atoms with Crippen molar-refractivity contribution in [2.24, 2.45) is 0 Å². The lowest BCUT2D eigenvalue weighted by molar-refractivity contribution is -0.0355. The third-order valence-corrected chi connectivity index (χ3v) is 4.89. The minimum Gasteiger partial charge on any atom is -0.375 e. The van der Waals surface area contributed by atoms with Gasteiger partial charge in [0.1, 0.15) is 5.82 Å². The van der Waals surface area contributed by atoms with Crippen molar-refractivity contribution in [1.82, 2.24) is 9.88 Å². The van der Waals surface area contributed by atoms with Crippen LogP contribution in [0.1, 0.15) is 32.4 Å². The molecule has 0 spiro atoms. The summed E-state index contributed by atoms with van der Waals surface area (Å²) in [5, 5.41) is 3.00. The first-order valence-corrected chi connectivity index (χ1v) is 8.48. The largest absolute Gasteiger partial charge is 0.375 e. The number of aromatic nitrogens is 1. The molecule has 3 rings (SSSR count). The molecule has 23 heavy (non-hydrogen) atoms. The van der Waals surface area contributed by atoms with Crippen molar-refractivity contribution < 1.29 is 9.53 Å². The SMILES string of the molecule is Cc1nc(N2CCCC2)ccc1NC(=O)N1CCO[C@H](C)[C@H]1C. The second-order valence-corrected chi connectivity index (χ2v) is 6.44. The van der Waals surface area contributed by atoms with Gasteiger partial charge >= 0.3 is 6.03 Å². The summed E-state index contributed by atoms with van der Waals surface area (Å²) in [6, 6.07) is 3.95. The normalized spacial score (nSPS) is 24.8. The van der Waals surface area contributed by atoms with Crippen LogP contribution in [0.4, 0.5) is 16.3 Å². The molecular weight excluding hydrogens is 292 g/mol. The summed E-state index contributed by atoms with van der Waals surface area (Å²) in [5.41, 5.74) is 1.64. The first kappa shape index (κ1) is 16.1. The van der Waals surface area contributed by atoms with Crippen LogP contribution in [0, 0.1) is 6.92 Å². The van der Waals surface area contributed by atoms with Gasteiger partial charge in [-0.2, -0.15) is 0 Å². The number of hydrogen-bond acceptors (Lipinski definition) is 4. The van der Waals surface area contributed by atoms with E-state index < -0.39 is 0 Å². The van der Waals surface area contributed by atoms with Gasteiger partial charge in [-0.3, -0.25) is 0 Å². The topological polar surface area (TPSA) is 57.7 Å². The minimum absolute atomic E-state index is 0.0614. The summed E-state index contributed by atoms with van der Waals surface area (Å²) in [5.74, 6) is 1.01. The fraction of sp³-hybridized carbons (Fsp3) is 0.647. The first-order valence-electron chi connectivity index (χ1n) is 8.48. The standard InChI is InChI=1S/C17H26N4O2/c1-12-15(6-7-16(18-12)20-8-4-5-9-20)19-17(22)21-10-11-23-14(3)13(21)2/h6-7,13-14H,4-5,8-11H2,1-3H3,(H,19,22)/t13-,14-/m1/s1. The minimum atomic E-state index is -0.0773. The molecule has 0 aliphatic carbocycles. The number of carbonyl (C=O) groups is 1. The van der Waals surface area contributed by atoms with Crippen LogP contribution in [0.15, 0.2) is 12.1 Å². The molecule has 1 N–H and O–H groups in total. The van der Waals surface area contributed by atoms with Crippen LogP contribution in [0.5, 0.6) is 0 Å². The number of carbonyl (C=O) groups excluding carboxylic acids is 1. The highest BCUT2D eigenvalue weighted by molar-refractivity contribution is 5.90. The molecule has 3 heterocycles. The predicted molar refractivity (Wildman–Crippen MR) is 91.0 cm³/mol. The van der Waals surface area contributed by atoms with E-state index in [0.29, 0.717) is 13.2 Å². The molecule has 2 fully saturated rings. The molecule has 126 valence electrons. The highest BCUT2D eigenvalue weighted by Gasteiger charge is 2.29. The Kier molecular flexibility index (Phi) is 4.71. The van der Waals surface area contributed by atoms with Gasteiger partial charge in [-0.15, -0.1) is 0 Å². The highest BCUT2D eigenvalue weighted by atomic mass is 16.5. The summed E-state index contributed by atoms with van der Waals surface area (Å²) >= 11 is 0. The highest BCUT2D eigenvalue weighted by Crippen LogP contribution is 2.23. The fourth-order valence-electron chi connectivity index (χ4n) is 3.21. The van der Waals surface area contributed by atoms with E-state index in [-0.39, 0.29) is 18.2 Å². The maximum Gasteiger partial charge on any atom is 0.322 e. The van der Waals surface area contributed by atoms with Gasteiger partial charge in [-0.05, 0) is 45.7 Å². The van der Waals surface area contributed by atoms with E-state index in [1.54, 1.807) is 0 Å². The summed E-state index contributed by atoms with van der Waals surface area (Å²) in [7, 11) is 0. The first-order chi connectivity index (χ1) is 11.1. The van der Waals surface area contributed by atoms with E-state index in [9.17, 15) is 4.79 Å². The Hall–Kier alpha value is -1.82. The van der Waals surface area contributed by atoms with Crippen molar-refractivity contribution in [3.8, 4) is 0 Å². The number of nitrogens with zero attached hydrogens (tertiary/aromatic N) is 3. The Bertz CT molecular complexity index is 572. The van der Waals surface area contributed by atoms with Crippen molar-refractivity contribution in [1.29, 1.82) is 0 Å². The molecule has 1 aromatic rings. The van der Waals surface area contributed by atoms with Crippen molar-refractivity contribution in [2.45, 2.75) is 45.8 Å². The molecule has 2 saturated heterocycles. The molecule has 0 bridgehead atoms. The second-order valence-electron chi connectivity index (χ2n) is 6.44. The van der Waals surface area contributed by atoms with Crippen LogP contribution in [0.25, 0.3) is 0 Å². The lowest BCUT2D eigenvalue weighted by Crippen LogP contribution is -2.52. The summed E-state index contributed by atoms with van der Waals surface area (Å²) in [6.07, 6.45) is 2.52. The lowest BCUT2D eigenvalue weighted by atomic mass is 10.1. The Labute approximate surface area is 137 Å². The third-order valence-electron chi connectivity index (χ3n) is 4.89. The van der Waals surface area contributed by atoms with Crippen LogP contribution in [0.2, 0.25) is 0 Å². The molecule has 6 nitrogen and oxygen atoms in total. The zero-order chi connectivity index (χ0) is 16.4. The number of rotatable bonds is 2. The maximum absolute atomic E-state index is 12.5. The van der Waals surface area contributed by atoms with Gasteiger partial charge in [0.2, 0.25) is 0 Å². The van der Waals surface area contributed by atoms with Gasteiger partial charge in [0.05, 0.1) is 30.1 Å². The molecule has 2 atom stereocenters. The molecule has 0 aromatic carbocycles. The third kappa shape index (κ3) is 3.42. The number of aryl methyl sites for hydroxylation is 1. The van der Waals surface area contributed by atoms with Gasteiger partial charge in [0, 0.05) is 19.6 Å². The fourth-order valence-corrected chi connectivity index (χ4v) is 3.21. The molecule has 2 aliphatic rings. The van der Waals surface area contributed by atoms with Crippen molar-refractivity contribution >= 4 is 17.5 Å². The van der Waals surface area contributed by atoms with Gasteiger partial charge in [0.15, 0.2) is 0 Å². The molecule has 1 aromatic heterocycles. The number of hydrogen-bond donors (Lipinski definition) is 1. The van der Waals surface area contributed by atoms with Crippen LogP contribution in [-0.4, -0.2) is 54.3 Å². The predicted octanol–water partition coefficient (Wildman–Crippen LogP) is 2.63. The zero-order valence-corrected chi connectivity index (χ0v) is 14.2. The Morgan fingerprint density at radius 2 is 2.00 bits per heavy atom. The maximum atomic E-state index is 12.5. The quantitative estimate of drug-likeness (QED) is 0.911. The number of morpholine rings is 1. The van der Waals surface area contributed by atoms with E-state index in [1.165, 1.54) is 12.8 Å². The number of anilines is 2. The van der Waals surface area contributed by atoms with Crippen molar-refractivity contribution in [3.05, 3.63) is 17.8 Å². The molecule has 2 amide bonds. The van der Waals surface area contributed by atoms with Crippen molar-refractivity contribution in [3.63, 3.8) is 0 Å². The Balaban J connectivity index is 1.68. The van der Waals surface area contributed by atoms with Gasteiger partial charge in [0.25, 0.3) is 0 Å². The average molecular weight is 318 g/mol. The van der Waals surface area contributed by atoms with Crippen LogP contribution >= 0.6 is 0 Å². The molecule has 0 saturated carbocycles. The van der Waals surface area contributed by atoms with Crippen LogP contribution in [0.3, 0.4) is 0 Å². The van der Waals surface area contributed by atoms with Gasteiger partial charge in [-0.1, -0.05) is 0 Å². The Morgan fingerprint density at radius 1 is 1.26 bits per heavy atom. The van der Waals surface area contributed by atoms with Gasteiger partial charge in [-0.25, -0.2) is 9.78 Å². The number of amides is 2. The monoisotopic (exact) mass is 318 g/mol. The molecule has 6 heteroatoms. The summed E-state index contributed by atoms with van der Waals surface area (Å²) < 4.78 is 5.58. The molecule has 2 aliphatic heterocycles. The number of pyridine rings is 1. The van der Waals surface area contributed by atoms with E-state index in [1.807, 2.05) is 37.8 Å². The van der Waals surface area contributed by atoms with E-state index in [4.69, 9.17) is 4.74 Å². The summed E-state index contributed by atoms with van der Waals surface area (Å²) in [6.45, 7) is 9.32. The van der Waals surface area contributed by atoms with Crippen LogP contribution in [-0.2, 0) is 4.74 Å². The second kappa shape index (κ2) is 6.74. The lowest BCUT2D eigenvalue weighted by Gasteiger charge is -2.37. The number of ether oxygens (including phenoxy) is 1. The van der Waals surface area contributed by atoms with Crippen molar-refractivity contribution in [2.75, 3.05) is 36.5 Å². The van der Waals surface area contributed by atoms with Gasteiger partial charge < -0.3 is 19.9 Å². The number of nitrogens with one attached hydrogen (secondary N) is 1. The van der Waals surface area contributed by atoms with E-state index >= 15 is 0 Å². The molecule has 0 radical (unpaired) electrons. The molecule has 0 unspecified atom stereocenters. The smallest absolute Gasteiger partial charge is 0.322 e. The van der Waals surface area contributed by atoms with E-state index in [0.717, 1.165) is 30.3 Å². The average Bonchev–Trinajstić information content (AvgIpc) is 3.06. The Morgan fingerprint density at radius 3 is 2.70 bits per heavy atom. The van der Waals surface area contributed by atoms with E-state index in [2.05, 4.69) is 15.2 Å². The number of urea groups is 1.